The van der Waals surface area contributed by atoms with Gasteiger partial charge in [-0.3, -0.25) is 9.69 Å². The first kappa shape index (κ1) is 21.8. The second kappa shape index (κ2) is 9.78. The molecule has 2 heterocycles. The average molecular weight is 417 g/mol. The van der Waals surface area contributed by atoms with Crippen molar-refractivity contribution < 1.29 is 13.9 Å². The first-order valence-corrected chi connectivity index (χ1v) is 11.9. The van der Waals surface area contributed by atoms with Crippen LogP contribution >= 0.6 is 0 Å². The molecule has 2 aliphatic heterocycles. The van der Waals surface area contributed by atoms with Crippen molar-refractivity contribution in [2.75, 3.05) is 32.8 Å². The van der Waals surface area contributed by atoms with E-state index >= 15 is 0 Å². The Balaban J connectivity index is 1.27. The van der Waals surface area contributed by atoms with Gasteiger partial charge in [0.25, 0.3) is 0 Å². The van der Waals surface area contributed by atoms with E-state index in [-0.39, 0.29) is 11.9 Å². The molecule has 1 aliphatic carbocycles. The Morgan fingerprint density at radius 3 is 2.63 bits per heavy atom. The number of likely N-dealkylation sites (tertiary alicyclic amines) is 1. The number of benzene rings is 1. The molecule has 1 atom stereocenters. The molecule has 0 spiro atoms. The first-order valence-electron chi connectivity index (χ1n) is 11.9. The molecule has 4 nitrogen and oxygen atoms in total. The van der Waals surface area contributed by atoms with Crippen LogP contribution in [-0.4, -0.2) is 54.6 Å². The van der Waals surface area contributed by atoms with E-state index in [0.29, 0.717) is 30.2 Å². The van der Waals surface area contributed by atoms with Gasteiger partial charge in [0.1, 0.15) is 5.82 Å². The van der Waals surface area contributed by atoms with Crippen molar-refractivity contribution in [2.45, 2.75) is 70.9 Å². The van der Waals surface area contributed by atoms with Crippen LogP contribution < -0.4 is 0 Å². The Hall–Kier alpha value is -1.46. The van der Waals surface area contributed by atoms with Gasteiger partial charge in [-0.1, -0.05) is 25.1 Å². The highest BCUT2D eigenvalue weighted by molar-refractivity contribution is 5.76. The quantitative estimate of drug-likeness (QED) is 0.589. The number of rotatable bonds is 9. The van der Waals surface area contributed by atoms with Gasteiger partial charge >= 0.3 is 0 Å². The summed E-state index contributed by atoms with van der Waals surface area (Å²) in [6.07, 6.45) is 8.78. The summed E-state index contributed by atoms with van der Waals surface area (Å²) < 4.78 is 19.8. The standard InChI is InChI=1S/C25H37FN2O2/c1-25(12-13-25)11-8-24(29)28(19-22-6-4-16-30-22)17-20-9-14-27(15-10-20)18-21-5-2-3-7-23(21)26/h2-3,5,7,20,22H,4,6,8-19H2,1H3. The maximum absolute atomic E-state index is 14.0. The van der Waals surface area contributed by atoms with E-state index in [9.17, 15) is 9.18 Å². The molecule has 30 heavy (non-hydrogen) atoms. The van der Waals surface area contributed by atoms with Gasteiger partial charge in [0.15, 0.2) is 0 Å². The number of carbonyl (C=O) groups is 1. The number of amides is 1. The Labute approximate surface area is 180 Å². The zero-order valence-corrected chi connectivity index (χ0v) is 18.5. The third-order valence-corrected chi connectivity index (χ3v) is 7.38. The highest BCUT2D eigenvalue weighted by Gasteiger charge is 2.37. The molecule has 5 heteroatoms. The van der Waals surface area contributed by atoms with Crippen LogP contribution in [0.25, 0.3) is 0 Å². The normalized spacial score (nSPS) is 24.1. The van der Waals surface area contributed by atoms with Gasteiger partial charge in [0, 0.05) is 38.2 Å². The molecule has 4 rings (SSSR count). The number of ether oxygens (including phenoxy) is 1. The lowest BCUT2D eigenvalue weighted by Gasteiger charge is -2.36. The van der Waals surface area contributed by atoms with Crippen LogP contribution in [0.1, 0.15) is 63.9 Å². The molecule has 0 radical (unpaired) electrons. The Kier molecular flexibility index (Phi) is 7.09. The minimum absolute atomic E-state index is 0.114. The van der Waals surface area contributed by atoms with Crippen molar-refractivity contribution in [3.63, 3.8) is 0 Å². The number of carbonyl (C=O) groups excluding carboxylic acids is 1. The molecule has 1 aromatic rings. The van der Waals surface area contributed by atoms with Gasteiger partial charge < -0.3 is 9.64 Å². The molecule has 166 valence electrons. The van der Waals surface area contributed by atoms with E-state index in [4.69, 9.17) is 4.74 Å². The maximum Gasteiger partial charge on any atom is 0.222 e. The van der Waals surface area contributed by atoms with Gasteiger partial charge in [-0.25, -0.2) is 4.39 Å². The smallest absolute Gasteiger partial charge is 0.222 e. The van der Waals surface area contributed by atoms with Gasteiger partial charge in [0.05, 0.1) is 6.10 Å². The number of hydrogen-bond donors (Lipinski definition) is 0. The molecule has 1 aromatic carbocycles. The largest absolute Gasteiger partial charge is 0.376 e. The first-order chi connectivity index (χ1) is 14.5. The van der Waals surface area contributed by atoms with Crippen LogP contribution in [0.15, 0.2) is 24.3 Å². The average Bonchev–Trinajstić information content (AvgIpc) is 3.26. The van der Waals surface area contributed by atoms with Crippen LogP contribution in [0.2, 0.25) is 0 Å². The lowest BCUT2D eigenvalue weighted by atomic mass is 9.95. The number of nitrogens with zero attached hydrogens (tertiary/aromatic N) is 2. The number of hydrogen-bond acceptors (Lipinski definition) is 3. The van der Waals surface area contributed by atoms with Crippen molar-refractivity contribution in [1.82, 2.24) is 9.80 Å². The van der Waals surface area contributed by atoms with Crippen molar-refractivity contribution in [3.05, 3.63) is 35.6 Å². The summed E-state index contributed by atoms with van der Waals surface area (Å²) in [6, 6.07) is 7.07. The summed E-state index contributed by atoms with van der Waals surface area (Å²) in [5.41, 5.74) is 1.20. The van der Waals surface area contributed by atoms with E-state index in [2.05, 4.69) is 16.7 Å². The van der Waals surface area contributed by atoms with E-state index in [1.807, 2.05) is 12.1 Å². The van der Waals surface area contributed by atoms with Crippen LogP contribution in [-0.2, 0) is 16.1 Å². The molecule has 1 unspecified atom stereocenters. The number of piperidine rings is 1. The van der Waals surface area contributed by atoms with Crippen LogP contribution in [0, 0.1) is 17.2 Å². The summed E-state index contributed by atoms with van der Waals surface area (Å²) in [5, 5.41) is 0. The van der Waals surface area contributed by atoms with Crippen molar-refractivity contribution in [1.29, 1.82) is 0 Å². The second-order valence-electron chi connectivity index (χ2n) is 10.1. The Morgan fingerprint density at radius 2 is 1.97 bits per heavy atom. The van der Waals surface area contributed by atoms with E-state index in [1.165, 1.54) is 12.8 Å². The topological polar surface area (TPSA) is 32.8 Å². The third-order valence-electron chi connectivity index (χ3n) is 7.38. The van der Waals surface area contributed by atoms with Gasteiger partial charge in [-0.05, 0) is 75.4 Å². The van der Waals surface area contributed by atoms with Crippen LogP contribution in [0.3, 0.4) is 0 Å². The van der Waals surface area contributed by atoms with Crippen molar-refractivity contribution in [3.8, 4) is 0 Å². The fourth-order valence-corrected chi connectivity index (χ4v) is 4.85. The Morgan fingerprint density at radius 1 is 1.20 bits per heavy atom. The van der Waals surface area contributed by atoms with Crippen LogP contribution in [0.5, 0.6) is 0 Å². The lowest BCUT2D eigenvalue weighted by molar-refractivity contribution is -0.134. The van der Waals surface area contributed by atoms with Crippen LogP contribution in [0.4, 0.5) is 4.39 Å². The Bertz CT molecular complexity index is 707. The SMILES string of the molecule is CC1(CCC(=O)N(CC2CCN(Cc3ccccc3F)CC2)CC2CCCO2)CC1. The third kappa shape index (κ3) is 6.04. The fraction of sp³-hybridized carbons (Fsp3) is 0.720. The lowest BCUT2D eigenvalue weighted by Crippen LogP contribution is -2.43. The molecule has 2 saturated heterocycles. The molecule has 0 bridgehead atoms. The van der Waals surface area contributed by atoms with Gasteiger partial charge in [-0.15, -0.1) is 0 Å². The second-order valence-corrected chi connectivity index (χ2v) is 10.1. The molecule has 1 amide bonds. The van der Waals surface area contributed by atoms with E-state index in [1.54, 1.807) is 12.1 Å². The summed E-state index contributed by atoms with van der Waals surface area (Å²) in [5.74, 6) is 0.730. The molecule has 3 aliphatic rings. The summed E-state index contributed by atoms with van der Waals surface area (Å²) >= 11 is 0. The van der Waals surface area contributed by atoms with Gasteiger partial charge in [-0.2, -0.15) is 0 Å². The minimum Gasteiger partial charge on any atom is -0.376 e. The van der Waals surface area contributed by atoms with Gasteiger partial charge in [0.2, 0.25) is 5.91 Å². The van der Waals surface area contributed by atoms with Crippen molar-refractivity contribution in [2.24, 2.45) is 11.3 Å². The molecule has 0 N–H and O–H groups in total. The summed E-state index contributed by atoms with van der Waals surface area (Å²) in [7, 11) is 0. The number of halogens is 1. The highest BCUT2D eigenvalue weighted by Crippen LogP contribution is 2.49. The zero-order valence-electron chi connectivity index (χ0n) is 18.5. The fourth-order valence-electron chi connectivity index (χ4n) is 4.85. The molecular formula is C25H37FN2O2. The van der Waals surface area contributed by atoms with E-state index in [0.717, 1.165) is 70.5 Å². The maximum atomic E-state index is 14.0. The summed E-state index contributed by atoms with van der Waals surface area (Å²) in [4.78, 5) is 17.5. The monoisotopic (exact) mass is 416 g/mol. The predicted octanol–water partition coefficient (Wildman–Crippen LogP) is 4.63. The minimum atomic E-state index is -0.114. The molecule has 3 fully saturated rings. The predicted molar refractivity (Wildman–Crippen MR) is 117 cm³/mol. The van der Waals surface area contributed by atoms with E-state index < -0.39 is 0 Å². The highest BCUT2D eigenvalue weighted by atomic mass is 19.1. The molecule has 0 aromatic heterocycles. The van der Waals surface area contributed by atoms with Crippen molar-refractivity contribution >= 4 is 5.91 Å². The zero-order chi connectivity index (χ0) is 21.0. The molecular weight excluding hydrogens is 379 g/mol. The molecule has 1 saturated carbocycles. The summed E-state index contributed by atoms with van der Waals surface area (Å²) in [6.45, 7) is 7.36.